The van der Waals surface area contributed by atoms with Gasteiger partial charge in [-0.15, -0.1) is 0 Å². The fourth-order valence-corrected chi connectivity index (χ4v) is 2.86. The minimum Gasteiger partial charge on any atom is -0.349 e. The zero-order chi connectivity index (χ0) is 20.3. The SMILES string of the molecule is CC(C)(C)NC(=O)c1nc(C(=O)NCCc2ccccc2F)n2ccccc12. The zero-order valence-electron chi connectivity index (χ0n) is 16.1. The molecule has 0 saturated heterocycles. The number of fused-ring (bicyclic) bond motifs is 1. The molecule has 6 nitrogen and oxygen atoms in total. The number of nitrogens with zero attached hydrogens (tertiary/aromatic N) is 2. The Labute approximate surface area is 162 Å². The van der Waals surface area contributed by atoms with Crippen molar-refractivity contribution >= 4 is 17.3 Å². The number of hydrogen-bond donors (Lipinski definition) is 2. The maximum atomic E-state index is 13.7. The number of amides is 2. The third-order valence-electron chi connectivity index (χ3n) is 4.09. The van der Waals surface area contributed by atoms with Gasteiger partial charge in [-0.25, -0.2) is 9.37 Å². The number of imidazole rings is 1. The minimum absolute atomic E-state index is 0.114. The second-order valence-corrected chi connectivity index (χ2v) is 7.54. The summed E-state index contributed by atoms with van der Waals surface area (Å²) in [6, 6.07) is 11.7. The molecule has 0 aliphatic rings. The average Bonchev–Trinajstić information content (AvgIpc) is 3.02. The van der Waals surface area contributed by atoms with Crippen LogP contribution in [0.15, 0.2) is 48.7 Å². The maximum Gasteiger partial charge on any atom is 0.287 e. The first-order valence-electron chi connectivity index (χ1n) is 9.07. The molecule has 146 valence electrons. The van der Waals surface area contributed by atoms with Crippen molar-refractivity contribution in [2.75, 3.05) is 6.54 Å². The number of hydrogen-bond acceptors (Lipinski definition) is 3. The standard InChI is InChI=1S/C21H23FN4O2/c1-21(2,3)25-19(27)17-16-10-6-7-13-26(16)18(24-17)20(28)23-12-11-14-8-4-5-9-15(14)22/h4-10,13H,11-12H2,1-3H3,(H,23,28)(H,25,27). The van der Waals surface area contributed by atoms with Crippen LogP contribution in [0.25, 0.3) is 5.52 Å². The van der Waals surface area contributed by atoms with Crippen LogP contribution in [0.1, 0.15) is 47.4 Å². The number of nitrogens with one attached hydrogen (secondary N) is 2. The van der Waals surface area contributed by atoms with E-state index in [0.717, 1.165) is 0 Å². The Kier molecular flexibility index (Phi) is 5.44. The molecule has 2 amide bonds. The van der Waals surface area contributed by atoms with E-state index >= 15 is 0 Å². The predicted molar refractivity (Wildman–Crippen MR) is 105 cm³/mol. The van der Waals surface area contributed by atoms with Crippen molar-refractivity contribution < 1.29 is 14.0 Å². The van der Waals surface area contributed by atoms with Gasteiger partial charge in [-0.2, -0.15) is 0 Å². The van der Waals surface area contributed by atoms with E-state index in [0.29, 0.717) is 17.5 Å². The molecule has 0 spiro atoms. The molecule has 2 aromatic heterocycles. The molecule has 0 atom stereocenters. The Morgan fingerprint density at radius 2 is 1.79 bits per heavy atom. The second kappa shape index (κ2) is 7.80. The summed E-state index contributed by atoms with van der Waals surface area (Å²) in [4.78, 5) is 29.5. The van der Waals surface area contributed by atoms with E-state index in [-0.39, 0.29) is 29.8 Å². The van der Waals surface area contributed by atoms with Crippen LogP contribution in [-0.2, 0) is 6.42 Å². The molecule has 0 aliphatic heterocycles. The van der Waals surface area contributed by atoms with Crippen LogP contribution < -0.4 is 10.6 Å². The third-order valence-corrected chi connectivity index (χ3v) is 4.09. The molecule has 0 aliphatic carbocycles. The lowest BCUT2D eigenvalue weighted by molar-refractivity contribution is 0.0916. The monoisotopic (exact) mass is 382 g/mol. The van der Waals surface area contributed by atoms with Gasteiger partial charge >= 0.3 is 0 Å². The molecule has 2 heterocycles. The van der Waals surface area contributed by atoms with Gasteiger partial charge in [-0.05, 0) is 51.0 Å². The summed E-state index contributed by atoms with van der Waals surface area (Å²) >= 11 is 0. The highest BCUT2D eigenvalue weighted by atomic mass is 19.1. The van der Waals surface area contributed by atoms with Crippen LogP contribution >= 0.6 is 0 Å². The fraction of sp³-hybridized carbons (Fsp3) is 0.286. The van der Waals surface area contributed by atoms with Crippen LogP contribution in [0.3, 0.4) is 0 Å². The number of carbonyl (C=O) groups excluding carboxylic acids is 2. The minimum atomic E-state index is -0.427. The highest BCUT2D eigenvalue weighted by Crippen LogP contribution is 2.15. The van der Waals surface area contributed by atoms with Gasteiger partial charge in [0.25, 0.3) is 11.8 Å². The Morgan fingerprint density at radius 3 is 2.50 bits per heavy atom. The molecule has 28 heavy (non-hydrogen) atoms. The van der Waals surface area contributed by atoms with Crippen molar-refractivity contribution in [3.8, 4) is 0 Å². The molecule has 0 bridgehead atoms. The van der Waals surface area contributed by atoms with Crippen molar-refractivity contribution in [3.05, 3.63) is 71.6 Å². The molecule has 2 N–H and O–H groups in total. The predicted octanol–water partition coefficient (Wildman–Crippen LogP) is 2.97. The van der Waals surface area contributed by atoms with E-state index in [1.807, 2.05) is 20.8 Å². The van der Waals surface area contributed by atoms with Crippen LogP contribution in [0, 0.1) is 5.82 Å². The van der Waals surface area contributed by atoms with E-state index in [9.17, 15) is 14.0 Å². The Bertz CT molecular complexity index is 1020. The summed E-state index contributed by atoms with van der Waals surface area (Å²) in [5, 5.41) is 5.61. The second-order valence-electron chi connectivity index (χ2n) is 7.54. The highest BCUT2D eigenvalue weighted by molar-refractivity contribution is 6.02. The summed E-state index contributed by atoms with van der Waals surface area (Å²) in [6.45, 7) is 5.88. The van der Waals surface area contributed by atoms with E-state index < -0.39 is 11.4 Å². The molecule has 3 rings (SSSR count). The first kappa shape index (κ1) is 19.5. The molecule has 3 aromatic rings. The van der Waals surface area contributed by atoms with Crippen LogP contribution in [0.5, 0.6) is 0 Å². The van der Waals surface area contributed by atoms with Gasteiger partial charge in [0.05, 0.1) is 5.52 Å². The number of aromatic nitrogens is 2. The number of benzene rings is 1. The first-order valence-corrected chi connectivity index (χ1v) is 9.07. The Balaban J connectivity index is 1.79. The van der Waals surface area contributed by atoms with Gasteiger partial charge in [0.15, 0.2) is 5.69 Å². The Morgan fingerprint density at radius 1 is 1.07 bits per heavy atom. The molecule has 1 aromatic carbocycles. The largest absolute Gasteiger partial charge is 0.349 e. The van der Waals surface area contributed by atoms with Crippen LogP contribution in [-0.4, -0.2) is 33.3 Å². The lowest BCUT2D eigenvalue weighted by Gasteiger charge is -2.19. The van der Waals surface area contributed by atoms with Crippen molar-refractivity contribution in [1.82, 2.24) is 20.0 Å². The number of pyridine rings is 1. The number of rotatable bonds is 5. The van der Waals surface area contributed by atoms with Crippen molar-refractivity contribution in [2.45, 2.75) is 32.7 Å². The van der Waals surface area contributed by atoms with Gasteiger partial charge in [0, 0.05) is 18.3 Å². The fourth-order valence-electron chi connectivity index (χ4n) is 2.86. The highest BCUT2D eigenvalue weighted by Gasteiger charge is 2.23. The lowest BCUT2D eigenvalue weighted by Crippen LogP contribution is -2.40. The van der Waals surface area contributed by atoms with Gasteiger partial charge in [-0.3, -0.25) is 14.0 Å². The molecule has 0 unspecified atom stereocenters. The van der Waals surface area contributed by atoms with Gasteiger partial charge in [0.2, 0.25) is 5.82 Å². The van der Waals surface area contributed by atoms with Gasteiger partial charge < -0.3 is 10.6 Å². The lowest BCUT2D eigenvalue weighted by atomic mass is 10.1. The van der Waals surface area contributed by atoms with Crippen LogP contribution in [0.4, 0.5) is 4.39 Å². The summed E-state index contributed by atoms with van der Waals surface area (Å²) in [5.74, 6) is -0.957. The summed E-state index contributed by atoms with van der Waals surface area (Å²) in [7, 11) is 0. The molecular weight excluding hydrogens is 359 g/mol. The summed E-state index contributed by atoms with van der Waals surface area (Å²) in [6.07, 6.45) is 2.04. The van der Waals surface area contributed by atoms with Crippen molar-refractivity contribution in [2.24, 2.45) is 0 Å². The number of halogens is 1. The summed E-state index contributed by atoms with van der Waals surface area (Å²) in [5.41, 5.74) is 0.837. The quantitative estimate of drug-likeness (QED) is 0.712. The molecule has 0 fully saturated rings. The normalized spacial score (nSPS) is 11.4. The smallest absolute Gasteiger partial charge is 0.287 e. The topological polar surface area (TPSA) is 75.5 Å². The van der Waals surface area contributed by atoms with Gasteiger partial charge in [-0.1, -0.05) is 24.3 Å². The molecule has 7 heteroatoms. The van der Waals surface area contributed by atoms with E-state index in [2.05, 4.69) is 15.6 Å². The molecule has 0 radical (unpaired) electrons. The zero-order valence-corrected chi connectivity index (χ0v) is 16.1. The van der Waals surface area contributed by atoms with Crippen molar-refractivity contribution in [1.29, 1.82) is 0 Å². The first-order chi connectivity index (χ1) is 13.3. The maximum absolute atomic E-state index is 13.7. The summed E-state index contributed by atoms with van der Waals surface area (Å²) < 4.78 is 15.3. The van der Waals surface area contributed by atoms with E-state index in [1.165, 1.54) is 6.07 Å². The van der Waals surface area contributed by atoms with Gasteiger partial charge in [0.1, 0.15) is 5.82 Å². The van der Waals surface area contributed by atoms with Crippen molar-refractivity contribution in [3.63, 3.8) is 0 Å². The number of carbonyl (C=O) groups is 2. The van der Waals surface area contributed by atoms with E-state index in [4.69, 9.17) is 0 Å². The average molecular weight is 382 g/mol. The third kappa shape index (κ3) is 4.36. The van der Waals surface area contributed by atoms with E-state index in [1.54, 1.807) is 47.0 Å². The molecular formula is C21H23FN4O2. The van der Waals surface area contributed by atoms with Crippen LogP contribution in [0.2, 0.25) is 0 Å². The Hall–Kier alpha value is -3.22. The molecule has 0 saturated carbocycles.